The first-order chi connectivity index (χ1) is 4.47. The normalized spacial score (nSPS) is 37.4. The van der Waals surface area contributed by atoms with E-state index in [4.69, 9.17) is 11.0 Å². The zero-order valence-corrected chi connectivity index (χ0v) is 6.65. The third-order valence-corrected chi connectivity index (χ3v) is 2.26. The largest absolute Gasteiger partial charge is 0.313 e. The molecule has 2 N–H and O–H groups in total. The van der Waals surface area contributed by atoms with Crippen LogP contribution >= 0.6 is 0 Å². The maximum atomic E-state index is 8.68. The predicted molar refractivity (Wildman–Crippen MR) is 40.2 cm³/mol. The Hall–Kier alpha value is -0.550. The molecule has 1 unspecified atom stereocenters. The molecule has 0 aliphatic heterocycles. The maximum absolute atomic E-state index is 8.68. The summed E-state index contributed by atoms with van der Waals surface area (Å²) in [6.45, 7) is 4.33. The van der Waals surface area contributed by atoms with E-state index in [1.54, 1.807) is 0 Å². The van der Waals surface area contributed by atoms with Gasteiger partial charge in [-0.25, -0.2) is 0 Å². The summed E-state index contributed by atoms with van der Waals surface area (Å²) in [5, 5.41) is 8.68. The lowest BCUT2D eigenvalue weighted by Gasteiger charge is -2.18. The van der Waals surface area contributed by atoms with Gasteiger partial charge in [-0.1, -0.05) is 13.8 Å². The second-order valence-electron chi connectivity index (χ2n) is 4.11. The highest BCUT2D eigenvalue weighted by atomic mass is 14.8. The molecule has 1 atom stereocenters. The zero-order valence-electron chi connectivity index (χ0n) is 6.65. The molecule has 0 heterocycles. The summed E-state index contributed by atoms with van der Waals surface area (Å²) >= 11 is 0. The predicted octanol–water partition coefficient (Wildman–Crippen LogP) is 1.42. The van der Waals surface area contributed by atoms with Crippen LogP contribution in [0.2, 0.25) is 0 Å². The van der Waals surface area contributed by atoms with E-state index in [-0.39, 0.29) is 5.41 Å². The first kappa shape index (κ1) is 7.56. The van der Waals surface area contributed by atoms with Crippen molar-refractivity contribution in [3.05, 3.63) is 0 Å². The molecule has 1 fully saturated rings. The Bertz CT molecular complexity index is 178. The number of hydrogen-bond donors (Lipinski definition) is 1. The molecule has 56 valence electrons. The molecular weight excluding hydrogens is 124 g/mol. The molecule has 0 spiro atoms. The maximum Gasteiger partial charge on any atom is 0.104 e. The summed E-state index contributed by atoms with van der Waals surface area (Å²) in [6, 6.07) is 2.17. The highest BCUT2D eigenvalue weighted by Gasteiger charge is 2.40. The van der Waals surface area contributed by atoms with Gasteiger partial charge >= 0.3 is 0 Å². The third kappa shape index (κ3) is 1.30. The van der Waals surface area contributed by atoms with E-state index in [9.17, 15) is 0 Å². The van der Waals surface area contributed by atoms with Crippen molar-refractivity contribution in [2.75, 3.05) is 0 Å². The smallest absolute Gasteiger partial charge is 0.104 e. The van der Waals surface area contributed by atoms with E-state index in [0.29, 0.717) is 0 Å². The first-order valence-electron chi connectivity index (χ1n) is 3.68. The Balaban J connectivity index is 2.69. The van der Waals surface area contributed by atoms with Gasteiger partial charge in [0.2, 0.25) is 0 Å². The van der Waals surface area contributed by atoms with Crippen LogP contribution in [0.1, 0.15) is 33.1 Å². The molecule has 1 saturated carbocycles. The highest BCUT2D eigenvalue weighted by molar-refractivity contribution is 5.11. The van der Waals surface area contributed by atoms with Crippen molar-refractivity contribution in [3.63, 3.8) is 0 Å². The van der Waals surface area contributed by atoms with Gasteiger partial charge in [0.25, 0.3) is 0 Å². The monoisotopic (exact) mass is 138 g/mol. The fraction of sp³-hybridized carbons (Fsp3) is 0.875. The SMILES string of the molecule is CC1(C)CCC(N)(C#N)C1. The molecule has 0 aromatic carbocycles. The van der Waals surface area contributed by atoms with E-state index in [0.717, 1.165) is 19.3 Å². The fourth-order valence-corrected chi connectivity index (χ4v) is 1.69. The molecule has 0 bridgehead atoms. The Morgan fingerprint density at radius 1 is 1.40 bits per heavy atom. The minimum Gasteiger partial charge on any atom is -0.313 e. The molecule has 2 heteroatoms. The van der Waals surface area contributed by atoms with Gasteiger partial charge in [-0.3, -0.25) is 0 Å². The van der Waals surface area contributed by atoms with Crippen LogP contribution in [-0.4, -0.2) is 5.54 Å². The lowest BCUT2D eigenvalue weighted by Crippen LogP contribution is -2.35. The van der Waals surface area contributed by atoms with Gasteiger partial charge in [0.15, 0.2) is 0 Å². The second kappa shape index (κ2) is 1.96. The number of nitriles is 1. The van der Waals surface area contributed by atoms with Crippen molar-refractivity contribution in [3.8, 4) is 6.07 Å². The first-order valence-corrected chi connectivity index (χ1v) is 3.68. The van der Waals surface area contributed by atoms with Gasteiger partial charge in [0.1, 0.15) is 5.54 Å². The van der Waals surface area contributed by atoms with Gasteiger partial charge in [-0.2, -0.15) is 5.26 Å². The number of hydrogen-bond acceptors (Lipinski definition) is 2. The van der Waals surface area contributed by atoms with E-state index >= 15 is 0 Å². The van der Waals surface area contributed by atoms with E-state index in [1.165, 1.54) is 0 Å². The van der Waals surface area contributed by atoms with Gasteiger partial charge < -0.3 is 5.73 Å². The average molecular weight is 138 g/mol. The average Bonchev–Trinajstić information content (AvgIpc) is 2.08. The van der Waals surface area contributed by atoms with Crippen LogP contribution in [-0.2, 0) is 0 Å². The van der Waals surface area contributed by atoms with Gasteiger partial charge in [0, 0.05) is 0 Å². The molecule has 0 amide bonds. The second-order valence-corrected chi connectivity index (χ2v) is 4.11. The van der Waals surface area contributed by atoms with Crippen molar-refractivity contribution in [1.29, 1.82) is 5.26 Å². The van der Waals surface area contributed by atoms with E-state index in [1.807, 2.05) is 0 Å². The van der Waals surface area contributed by atoms with Crippen molar-refractivity contribution >= 4 is 0 Å². The molecule has 10 heavy (non-hydrogen) atoms. The van der Waals surface area contributed by atoms with Crippen LogP contribution in [0.25, 0.3) is 0 Å². The van der Waals surface area contributed by atoms with E-state index < -0.39 is 5.54 Å². The van der Waals surface area contributed by atoms with E-state index in [2.05, 4.69) is 19.9 Å². The standard InChI is InChI=1S/C8H14N2/c1-7(2)3-4-8(10,5-7)6-9/h3-5,10H2,1-2H3. The van der Waals surface area contributed by atoms with Crippen LogP contribution in [0.5, 0.6) is 0 Å². The number of nitrogens with two attached hydrogens (primary N) is 1. The molecule has 1 aliphatic rings. The summed E-state index contributed by atoms with van der Waals surface area (Å²) in [7, 11) is 0. The topological polar surface area (TPSA) is 49.8 Å². The lowest BCUT2D eigenvalue weighted by atomic mass is 9.89. The van der Waals surface area contributed by atoms with Gasteiger partial charge in [-0.05, 0) is 24.7 Å². The number of nitrogens with zero attached hydrogens (tertiary/aromatic N) is 1. The summed E-state index contributed by atoms with van der Waals surface area (Å²) in [5.41, 5.74) is 5.53. The molecule has 2 nitrogen and oxygen atoms in total. The zero-order chi connectivity index (χ0) is 7.83. The highest BCUT2D eigenvalue weighted by Crippen LogP contribution is 2.41. The van der Waals surface area contributed by atoms with Crippen LogP contribution < -0.4 is 5.73 Å². The minimum absolute atomic E-state index is 0.282. The Kier molecular flexibility index (Phi) is 1.48. The van der Waals surface area contributed by atoms with Crippen molar-refractivity contribution in [2.24, 2.45) is 11.1 Å². The molecule has 0 aromatic rings. The molecular formula is C8H14N2. The molecule has 0 aromatic heterocycles. The minimum atomic E-state index is -0.524. The van der Waals surface area contributed by atoms with Crippen molar-refractivity contribution < 1.29 is 0 Å². The molecule has 1 aliphatic carbocycles. The van der Waals surface area contributed by atoms with Gasteiger partial charge in [0.05, 0.1) is 6.07 Å². The summed E-state index contributed by atoms with van der Waals surface area (Å²) in [6.07, 6.45) is 2.78. The Labute approximate surface area is 62.0 Å². The number of rotatable bonds is 0. The molecule has 0 saturated heterocycles. The molecule has 1 rings (SSSR count). The van der Waals surface area contributed by atoms with Gasteiger partial charge in [-0.15, -0.1) is 0 Å². The summed E-state index contributed by atoms with van der Waals surface area (Å²) < 4.78 is 0. The van der Waals surface area contributed by atoms with Crippen molar-refractivity contribution in [1.82, 2.24) is 0 Å². The lowest BCUT2D eigenvalue weighted by molar-refractivity contribution is 0.363. The van der Waals surface area contributed by atoms with Crippen LogP contribution in [0.3, 0.4) is 0 Å². The Morgan fingerprint density at radius 2 is 2.00 bits per heavy atom. The summed E-state index contributed by atoms with van der Waals surface area (Å²) in [5.74, 6) is 0. The summed E-state index contributed by atoms with van der Waals surface area (Å²) in [4.78, 5) is 0. The van der Waals surface area contributed by atoms with Crippen LogP contribution in [0.15, 0.2) is 0 Å². The van der Waals surface area contributed by atoms with Crippen LogP contribution in [0.4, 0.5) is 0 Å². The van der Waals surface area contributed by atoms with Crippen molar-refractivity contribution in [2.45, 2.75) is 38.6 Å². The van der Waals surface area contributed by atoms with Crippen LogP contribution in [0, 0.1) is 16.7 Å². The fourth-order valence-electron chi connectivity index (χ4n) is 1.69. The Morgan fingerprint density at radius 3 is 2.20 bits per heavy atom. The molecule has 0 radical (unpaired) electrons. The quantitative estimate of drug-likeness (QED) is 0.550. The third-order valence-electron chi connectivity index (χ3n) is 2.26.